The minimum Gasteiger partial charge on any atom is -0.358 e. The van der Waals surface area contributed by atoms with Crippen molar-refractivity contribution in [3.8, 4) is 0 Å². The number of hydrogen-bond acceptors (Lipinski definition) is 7. The van der Waals surface area contributed by atoms with Crippen molar-refractivity contribution in [1.82, 2.24) is 29.4 Å². The lowest BCUT2D eigenvalue weighted by molar-refractivity contribution is -0.391. The van der Waals surface area contributed by atoms with E-state index in [0.717, 1.165) is 25.2 Å². The molecule has 4 rings (SSSR count). The van der Waals surface area contributed by atoms with Gasteiger partial charge in [-0.1, -0.05) is 9.61 Å². The molecule has 1 atom stereocenters. The fourth-order valence-corrected chi connectivity index (χ4v) is 2.67. The van der Waals surface area contributed by atoms with E-state index in [1.165, 1.54) is 17.0 Å². The highest BCUT2D eigenvalue weighted by molar-refractivity contribution is 5.48. The summed E-state index contributed by atoms with van der Waals surface area (Å²) in [5, 5.41) is 22.7. The topological polar surface area (TPSA) is 116 Å². The Labute approximate surface area is 123 Å². The highest BCUT2D eigenvalue weighted by Crippen LogP contribution is 2.26. The SMILES string of the molecule is O=[N+]([O-])c1cnc2ccc(NC3CCCn4ncnc43)nn12. The van der Waals surface area contributed by atoms with E-state index >= 15 is 0 Å². The van der Waals surface area contributed by atoms with E-state index in [0.29, 0.717) is 11.5 Å². The van der Waals surface area contributed by atoms with Gasteiger partial charge in [-0.2, -0.15) is 5.10 Å². The molecule has 0 amide bonds. The lowest BCUT2D eigenvalue weighted by atomic mass is 10.1. The zero-order valence-corrected chi connectivity index (χ0v) is 11.5. The Kier molecular flexibility index (Phi) is 2.74. The van der Waals surface area contributed by atoms with Gasteiger partial charge in [-0.05, 0) is 23.8 Å². The average Bonchev–Trinajstić information content (AvgIpc) is 3.13. The Morgan fingerprint density at radius 1 is 1.36 bits per heavy atom. The second kappa shape index (κ2) is 4.76. The summed E-state index contributed by atoms with van der Waals surface area (Å²) in [6, 6.07) is 3.43. The average molecular weight is 300 g/mol. The molecule has 10 nitrogen and oxygen atoms in total. The molecule has 0 saturated carbocycles. The van der Waals surface area contributed by atoms with Crippen molar-refractivity contribution < 1.29 is 4.92 Å². The number of aromatic nitrogens is 6. The molecule has 1 aliphatic heterocycles. The van der Waals surface area contributed by atoms with Gasteiger partial charge in [0, 0.05) is 12.6 Å². The van der Waals surface area contributed by atoms with Gasteiger partial charge in [0.25, 0.3) is 0 Å². The summed E-state index contributed by atoms with van der Waals surface area (Å²) in [6.07, 6.45) is 4.63. The van der Waals surface area contributed by atoms with Gasteiger partial charge in [-0.3, -0.25) is 0 Å². The van der Waals surface area contributed by atoms with Crippen LogP contribution in [0.1, 0.15) is 24.7 Å². The largest absolute Gasteiger partial charge is 0.368 e. The van der Waals surface area contributed by atoms with E-state index in [1.807, 2.05) is 4.68 Å². The Bertz CT molecular complexity index is 854. The van der Waals surface area contributed by atoms with Crippen molar-refractivity contribution in [2.24, 2.45) is 0 Å². The molecule has 22 heavy (non-hydrogen) atoms. The maximum atomic E-state index is 11.0. The van der Waals surface area contributed by atoms with Crippen molar-refractivity contribution in [2.45, 2.75) is 25.4 Å². The highest BCUT2D eigenvalue weighted by atomic mass is 16.6. The third-order valence-corrected chi connectivity index (χ3v) is 3.67. The molecule has 0 spiro atoms. The van der Waals surface area contributed by atoms with Gasteiger partial charge in [-0.15, -0.1) is 0 Å². The van der Waals surface area contributed by atoms with Crippen molar-refractivity contribution in [3.05, 3.63) is 40.6 Å². The molecule has 4 heterocycles. The van der Waals surface area contributed by atoms with Crippen LogP contribution in [0.15, 0.2) is 24.7 Å². The van der Waals surface area contributed by atoms with Gasteiger partial charge in [0.05, 0.1) is 6.04 Å². The first kappa shape index (κ1) is 12.7. The number of fused-ring (bicyclic) bond motifs is 2. The molecule has 3 aromatic rings. The number of aryl methyl sites for hydroxylation is 1. The van der Waals surface area contributed by atoms with Gasteiger partial charge in [0.1, 0.15) is 18.3 Å². The van der Waals surface area contributed by atoms with Gasteiger partial charge >= 0.3 is 5.82 Å². The number of nitro groups is 1. The Balaban J connectivity index is 1.68. The third kappa shape index (κ3) is 1.96. The maximum Gasteiger partial charge on any atom is 0.368 e. The fourth-order valence-electron chi connectivity index (χ4n) is 2.67. The summed E-state index contributed by atoms with van der Waals surface area (Å²) in [6.45, 7) is 0.854. The molecule has 1 unspecified atom stereocenters. The molecule has 10 heteroatoms. The van der Waals surface area contributed by atoms with Crippen molar-refractivity contribution >= 4 is 17.3 Å². The molecule has 0 radical (unpaired) electrons. The zero-order valence-electron chi connectivity index (χ0n) is 11.5. The maximum absolute atomic E-state index is 11.0. The standard InChI is InChI=1S/C12H12N8O2/c21-20(22)11-6-13-10-4-3-9(17-19(10)11)16-8-2-1-5-18-12(8)14-7-15-18/h3-4,6-8H,1-2,5H2,(H,16,17). The first-order chi connectivity index (χ1) is 10.7. The normalized spacial score (nSPS) is 17.4. The van der Waals surface area contributed by atoms with Gasteiger partial charge in [0.2, 0.25) is 5.65 Å². The number of hydrogen-bond donors (Lipinski definition) is 1. The molecule has 112 valence electrons. The quantitative estimate of drug-likeness (QED) is 0.570. The van der Waals surface area contributed by atoms with Crippen LogP contribution in [-0.4, -0.2) is 34.3 Å². The molecular formula is C12H12N8O2. The fraction of sp³-hybridized carbons (Fsp3) is 0.333. The minimum absolute atomic E-state index is 0.0104. The summed E-state index contributed by atoms with van der Waals surface area (Å²) in [4.78, 5) is 18.7. The van der Waals surface area contributed by atoms with Crippen LogP contribution in [0.2, 0.25) is 0 Å². The highest BCUT2D eigenvalue weighted by Gasteiger charge is 2.23. The molecular weight excluding hydrogens is 288 g/mol. The summed E-state index contributed by atoms with van der Waals surface area (Å²) >= 11 is 0. The Hall–Kier alpha value is -3.04. The lowest BCUT2D eigenvalue weighted by Gasteiger charge is -2.23. The number of rotatable bonds is 3. The van der Waals surface area contributed by atoms with Crippen LogP contribution < -0.4 is 5.32 Å². The van der Waals surface area contributed by atoms with Crippen LogP contribution in [-0.2, 0) is 6.54 Å². The van der Waals surface area contributed by atoms with Crippen LogP contribution in [0, 0.1) is 10.1 Å². The molecule has 0 aliphatic carbocycles. The van der Waals surface area contributed by atoms with Gasteiger partial charge < -0.3 is 15.4 Å². The molecule has 3 aromatic heterocycles. The van der Waals surface area contributed by atoms with Gasteiger partial charge in [0.15, 0.2) is 5.82 Å². The van der Waals surface area contributed by atoms with E-state index in [9.17, 15) is 10.1 Å². The first-order valence-electron chi connectivity index (χ1n) is 6.86. The van der Waals surface area contributed by atoms with Crippen LogP contribution in [0.4, 0.5) is 11.6 Å². The Morgan fingerprint density at radius 3 is 3.14 bits per heavy atom. The summed E-state index contributed by atoms with van der Waals surface area (Å²) in [7, 11) is 0. The molecule has 0 aromatic carbocycles. The van der Waals surface area contributed by atoms with Gasteiger partial charge in [-0.25, -0.2) is 14.6 Å². The number of anilines is 1. The van der Waals surface area contributed by atoms with Crippen molar-refractivity contribution in [2.75, 3.05) is 5.32 Å². The first-order valence-corrected chi connectivity index (χ1v) is 6.86. The molecule has 1 aliphatic rings. The number of nitrogens with one attached hydrogen (secondary N) is 1. The predicted octanol–water partition coefficient (Wildman–Crippen LogP) is 1.18. The van der Waals surface area contributed by atoms with Crippen molar-refractivity contribution in [3.63, 3.8) is 0 Å². The summed E-state index contributed by atoms with van der Waals surface area (Å²) in [5.41, 5.74) is 0.434. The van der Waals surface area contributed by atoms with Crippen LogP contribution in [0.25, 0.3) is 5.65 Å². The van der Waals surface area contributed by atoms with Crippen LogP contribution in [0.3, 0.4) is 0 Å². The van der Waals surface area contributed by atoms with Crippen LogP contribution >= 0.6 is 0 Å². The number of nitrogens with zero attached hydrogens (tertiary/aromatic N) is 7. The van der Waals surface area contributed by atoms with E-state index in [1.54, 1.807) is 12.1 Å². The molecule has 0 bridgehead atoms. The van der Waals surface area contributed by atoms with E-state index < -0.39 is 4.92 Å². The molecule has 1 N–H and O–H groups in total. The predicted molar refractivity (Wildman–Crippen MR) is 75.3 cm³/mol. The second-order valence-electron chi connectivity index (χ2n) is 5.04. The van der Waals surface area contributed by atoms with E-state index in [4.69, 9.17) is 0 Å². The second-order valence-corrected chi connectivity index (χ2v) is 5.04. The Morgan fingerprint density at radius 2 is 2.27 bits per heavy atom. The number of imidazole rings is 1. The third-order valence-electron chi connectivity index (χ3n) is 3.67. The monoisotopic (exact) mass is 300 g/mol. The molecule has 0 saturated heterocycles. The molecule has 0 fully saturated rings. The summed E-state index contributed by atoms with van der Waals surface area (Å²) < 4.78 is 3.08. The smallest absolute Gasteiger partial charge is 0.358 e. The lowest BCUT2D eigenvalue weighted by Crippen LogP contribution is -2.23. The van der Waals surface area contributed by atoms with Crippen LogP contribution in [0.5, 0.6) is 0 Å². The van der Waals surface area contributed by atoms with E-state index in [-0.39, 0.29) is 11.9 Å². The minimum atomic E-state index is -0.506. The summed E-state index contributed by atoms with van der Waals surface area (Å²) in [5.74, 6) is 1.23. The zero-order chi connectivity index (χ0) is 15.1. The van der Waals surface area contributed by atoms with E-state index in [2.05, 4.69) is 25.5 Å². The van der Waals surface area contributed by atoms with Crippen molar-refractivity contribution in [1.29, 1.82) is 0 Å².